The molecule has 0 saturated heterocycles. The van der Waals surface area contributed by atoms with Crippen LogP contribution in [0.4, 0.5) is 0 Å². The molecule has 42 heavy (non-hydrogen) atoms. The van der Waals surface area contributed by atoms with E-state index in [2.05, 4.69) is 55.6 Å². The van der Waals surface area contributed by atoms with Crippen LogP contribution < -0.4 is 5.32 Å². The molecule has 0 radical (unpaired) electrons. The van der Waals surface area contributed by atoms with Gasteiger partial charge in [-0.25, -0.2) is 0 Å². The van der Waals surface area contributed by atoms with Gasteiger partial charge in [-0.15, -0.1) is 0 Å². The van der Waals surface area contributed by atoms with Gasteiger partial charge >= 0.3 is 5.97 Å². The first-order valence-electron chi connectivity index (χ1n) is 17.7. The second-order valence-corrected chi connectivity index (χ2v) is 11.7. The first-order chi connectivity index (χ1) is 20.6. The van der Waals surface area contributed by atoms with Gasteiger partial charge in [0, 0.05) is 19.4 Å². The normalized spacial score (nSPS) is 12.5. The Bertz CT molecular complexity index is 685. The highest BCUT2D eigenvalue weighted by Crippen LogP contribution is 2.13. The lowest BCUT2D eigenvalue weighted by atomic mass is 10.0. The van der Waals surface area contributed by atoms with Crippen molar-refractivity contribution in [3.8, 4) is 0 Å². The summed E-state index contributed by atoms with van der Waals surface area (Å²) in [7, 11) is 0. The molecule has 0 aromatic rings. The summed E-state index contributed by atoms with van der Waals surface area (Å²) in [5.74, 6) is -0.306. The lowest BCUT2D eigenvalue weighted by Gasteiger charge is -2.12. The number of amides is 1. The van der Waals surface area contributed by atoms with E-state index in [4.69, 9.17) is 4.74 Å². The number of allylic oxidation sites excluding steroid dienone is 6. The molecule has 1 atom stereocenters. The fraction of sp³-hybridized carbons (Fsp3) is 0.784. The van der Waals surface area contributed by atoms with E-state index < -0.39 is 6.10 Å². The highest BCUT2D eigenvalue weighted by atomic mass is 16.5. The van der Waals surface area contributed by atoms with Gasteiger partial charge in [0.25, 0.3) is 0 Å². The molecule has 0 bridgehead atoms. The van der Waals surface area contributed by atoms with Crippen molar-refractivity contribution in [1.82, 2.24) is 5.32 Å². The average Bonchev–Trinajstić information content (AvgIpc) is 2.99. The largest absolute Gasteiger partial charge is 0.463 e. The van der Waals surface area contributed by atoms with E-state index in [1.807, 2.05) is 0 Å². The van der Waals surface area contributed by atoms with Gasteiger partial charge in [-0.05, 0) is 44.9 Å². The van der Waals surface area contributed by atoms with E-state index in [9.17, 15) is 14.7 Å². The van der Waals surface area contributed by atoms with Gasteiger partial charge in [0.1, 0.15) is 12.7 Å². The lowest BCUT2D eigenvalue weighted by molar-refractivity contribution is -0.146. The zero-order valence-corrected chi connectivity index (χ0v) is 27.6. The Labute approximate surface area is 260 Å². The fourth-order valence-corrected chi connectivity index (χ4v) is 4.83. The van der Waals surface area contributed by atoms with E-state index in [0.29, 0.717) is 12.8 Å². The summed E-state index contributed by atoms with van der Waals surface area (Å²) in [5.41, 5.74) is 0. The van der Waals surface area contributed by atoms with E-state index in [0.717, 1.165) is 57.8 Å². The molecule has 0 fully saturated rings. The monoisotopic (exact) mass is 590 g/mol. The van der Waals surface area contributed by atoms with Gasteiger partial charge in [-0.3, -0.25) is 9.59 Å². The number of aliphatic hydroxyl groups excluding tert-OH is 1. The minimum absolute atomic E-state index is 0.0477. The molecule has 0 aliphatic carbocycles. The molecule has 2 N–H and O–H groups in total. The minimum atomic E-state index is -0.856. The Balaban J connectivity index is 3.47. The molecular weight excluding hydrogens is 522 g/mol. The summed E-state index contributed by atoms with van der Waals surface area (Å²) in [6.07, 6.45) is 39.6. The highest BCUT2D eigenvalue weighted by Gasteiger charge is 2.10. The van der Waals surface area contributed by atoms with Crippen LogP contribution in [0.5, 0.6) is 0 Å². The van der Waals surface area contributed by atoms with Gasteiger partial charge < -0.3 is 15.2 Å². The van der Waals surface area contributed by atoms with E-state index >= 15 is 0 Å². The first kappa shape index (κ1) is 40.1. The van der Waals surface area contributed by atoms with Crippen LogP contribution >= 0.6 is 0 Å². The number of esters is 1. The van der Waals surface area contributed by atoms with E-state index in [1.54, 1.807) is 0 Å². The molecule has 0 aliphatic rings. The van der Waals surface area contributed by atoms with Crippen LogP contribution in [-0.2, 0) is 14.3 Å². The predicted molar refractivity (Wildman–Crippen MR) is 180 cm³/mol. The van der Waals surface area contributed by atoms with Crippen LogP contribution in [0.1, 0.15) is 168 Å². The van der Waals surface area contributed by atoms with Crippen LogP contribution in [0.15, 0.2) is 36.5 Å². The van der Waals surface area contributed by atoms with Crippen LogP contribution in [0.3, 0.4) is 0 Å². The van der Waals surface area contributed by atoms with Crippen molar-refractivity contribution >= 4 is 11.9 Å². The maximum atomic E-state index is 12.0. The molecule has 0 aromatic carbocycles. The number of carbonyl (C=O) groups is 2. The van der Waals surface area contributed by atoms with Gasteiger partial charge in [-0.2, -0.15) is 0 Å². The predicted octanol–water partition coefficient (Wildman–Crippen LogP) is 10.1. The van der Waals surface area contributed by atoms with Crippen molar-refractivity contribution in [2.24, 2.45) is 0 Å². The molecular formula is C37H67NO4. The summed E-state index contributed by atoms with van der Waals surface area (Å²) >= 11 is 0. The van der Waals surface area contributed by atoms with Crippen molar-refractivity contribution in [2.45, 2.75) is 174 Å². The first-order valence-corrected chi connectivity index (χ1v) is 17.7. The molecule has 244 valence electrons. The minimum Gasteiger partial charge on any atom is -0.463 e. The number of rotatable bonds is 31. The number of hydrogen-bond acceptors (Lipinski definition) is 4. The molecule has 5 nitrogen and oxygen atoms in total. The van der Waals surface area contributed by atoms with Crippen LogP contribution in [0.25, 0.3) is 0 Å². The molecule has 0 aromatic heterocycles. The fourth-order valence-electron chi connectivity index (χ4n) is 4.83. The van der Waals surface area contributed by atoms with Crippen LogP contribution in [0, 0.1) is 0 Å². The van der Waals surface area contributed by atoms with Crippen LogP contribution in [-0.4, -0.2) is 36.2 Å². The molecule has 0 aliphatic heterocycles. The Hall–Kier alpha value is -1.88. The summed E-state index contributed by atoms with van der Waals surface area (Å²) < 4.78 is 5.18. The van der Waals surface area contributed by atoms with Crippen molar-refractivity contribution in [1.29, 1.82) is 0 Å². The lowest BCUT2D eigenvalue weighted by Crippen LogP contribution is -2.35. The van der Waals surface area contributed by atoms with Crippen molar-refractivity contribution < 1.29 is 19.4 Å². The van der Waals surface area contributed by atoms with Crippen molar-refractivity contribution in [3.63, 3.8) is 0 Å². The maximum Gasteiger partial charge on any atom is 0.305 e. The summed E-state index contributed by atoms with van der Waals surface area (Å²) in [4.78, 5) is 23.9. The third-order valence-electron chi connectivity index (χ3n) is 7.51. The van der Waals surface area contributed by atoms with Gasteiger partial charge in [0.2, 0.25) is 5.91 Å². The summed E-state index contributed by atoms with van der Waals surface area (Å²) in [6.45, 7) is 4.48. The quantitative estimate of drug-likeness (QED) is 0.0479. The average molecular weight is 590 g/mol. The zero-order chi connectivity index (χ0) is 30.8. The Morgan fingerprint density at radius 3 is 1.67 bits per heavy atom. The molecule has 0 rings (SSSR count). The third-order valence-corrected chi connectivity index (χ3v) is 7.51. The Morgan fingerprint density at radius 2 is 1.10 bits per heavy atom. The second kappa shape index (κ2) is 33.6. The molecule has 1 unspecified atom stereocenters. The maximum absolute atomic E-state index is 12.0. The standard InChI is InChI=1S/C37H67NO4/c1-3-5-7-9-11-13-15-17-18-20-21-23-25-27-29-31-36(40)38-33-35(39)34-42-37(41)32-30-28-26-24-22-19-16-14-12-10-8-6-4-2/h5,7,11,13,17-18,35,39H,3-4,6,8-10,12,14-16,19-34H2,1-2H3,(H,38,40)/b7-5+,13-11+,18-17+. The highest BCUT2D eigenvalue weighted by molar-refractivity contribution is 5.75. The number of nitrogens with one attached hydrogen (secondary N) is 1. The second-order valence-electron chi connectivity index (χ2n) is 11.7. The summed E-state index contributed by atoms with van der Waals surface area (Å²) in [5, 5.41) is 12.8. The topological polar surface area (TPSA) is 75.6 Å². The SMILES string of the molecule is CC/C=C/C/C=C/C/C=C/CCCCCCCC(=O)NCC(O)COC(=O)CCCCCCCCCCCCCCC. The molecule has 5 heteroatoms. The number of aliphatic hydroxyl groups is 1. The molecule has 0 saturated carbocycles. The molecule has 1 amide bonds. The molecule has 0 heterocycles. The smallest absolute Gasteiger partial charge is 0.305 e. The van der Waals surface area contributed by atoms with Gasteiger partial charge in [-0.1, -0.05) is 147 Å². The number of ether oxygens (including phenoxy) is 1. The van der Waals surface area contributed by atoms with Crippen molar-refractivity contribution in [2.75, 3.05) is 13.2 Å². The zero-order valence-electron chi connectivity index (χ0n) is 27.6. The number of unbranched alkanes of at least 4 members (excludes halogenated alkanes) is 17. The van der Waals surface area contributed by atoms with E-state index in [1.165, 1.54) is 83.5 Å². The summed E-state index contributed by atoms with van der Waals surface area (Å²) in [6, 6.07) is 0. The van der Waals surface area contributed by atoms with Gasteiger partial charge in [0.05, 0.1) is 0 Å². The van der Waals surface area contributed by atoms with E-state index in [-0.39, 0.29) is 25.0 Å². The Kier molecular flexibility index (Phi) is 32.1. The third kappa shape index (κ3) is 32.6. The number of carbonyl (C=O) groups excluding carboxylic acids is 2. The van der Waals surface area contributed by atoms with Gasteiger partial charge in [0.15, 0.2) is 0 Å². The Morgan fingerprint density at radius 1 is 0.619 bits per heavy atom. The molecule has 0 spiro atoms. The van der Waals surface area contributed by atoms with Crippen LogP contribution in [0.2, 0.25) is 0 Å². The number of hydrogen-bond donors (Lipinski definition) is 2. The van der Waals surface area contributed by atoms with Crippen molar-refractivity contribution in [3.05, 3.63) is 36.5 Å².